The maximum absolute atomic E-state index is 14.0. The molecule has 2 aromatic carbocycles. The van der Waals surface area contributed by atoms with E-state index < -0.39 is 11.9 Å². The molecule has 0 fully saturated rings. The van der Waals surface area contributed by atoms with Crippen LogP contribution in [0, 0.1) is 0 Å². The lowest BCUT2D eigenvalue weighted by atomic mass is 9.71. The molecule has 2 atom stereocenters. The Morgan fingerprint density at radius 1 is 0.854 bits per heavy atom. The average Bonchev–Trinajstić information content (AvgIpc) is 2.98. The fourth-order valence-electron chi connectivity index (χ4n) is 5.57. The summed E-state index contributed by atoms with van der Waals surface area (Å²) in [7, 11) is 4.79. The molecule has 41 heavy (non-hydrogen) atoms. The zero-order valence-corrected chi connectivity index (χ0v) is 24.9. The highest BCUT2D eigenvalue weighted by molar-refractivity contribution is 6.04. The summed E-state index contributed by atoms with van der Waals surface area (Å²) in [6.45, 7) is 6.84. The first-order valence-corrected chi connectivity index (χ1v) is 14.3. The molecule has 0 aromatic heterocycles. The number of dihydropyridines is 1. The van der Waals surface area contributed by atoms with Crippen LogP contribution in [0.5, 0.6) is 23.0 Å². The van der Waals surface area contributed by atoms with Crippen LogP contribution in [0.15, 0.2) is 58.9 Å². The molecule has 0 amide bonds. The molecule has 220 valence electrons. The summed E-state index contributed by atoms with van der Waals surface area (Å²) in [6, 6.07) is 11.4. The Morgan fingerprint density at radius 3 is 2.20 bits per heavy atom. The molecule has 1 N–H and O–H groups in total. The minimum atomic E-state index is -0.589. The lowest BCUT2D eigenvalue weighted by Gasteiger charge is -2.37. The summed E-state index contributed by atoms with van der Waals surface area (Å²) < 4.78 is 28.1. The average molecular weight is 564 g/mol. The van der Waals surface area contributed by atoms with Gasteiger partial charge in [-0.3, -0.25) is 4.79 Å². The van der Waals surface area contributed by atoms with E-state index in [1.165, 1.54) is 0 Å². The first-order chi connectivity index (χ1) is 19.9. The van der Waals surface area contributed by atoms with Gasteiger partial charge >= 0.3 is 5.97 Å². The number of ketones is 1. The standard InChI is InChI=1S/C33H41NO7/c1-7-9-15-41-33(36)30-20(3)34-24-16-23(21-10-12-26(37-4)28(18-21)38-5)17-25(35)32(24)31(30)22-11-13-27(40-14-8-2)29(19-22)39-6/h10-13,18-19,23,31,34H,7-9,14-17H2,1-6H3/t23-,31+/m1/s1. The largest absolute Gasteiger partial charge is 0.493 e. The minimum absolute atomic E-state index is 0.0137. The number of allylic oxidation sites excluding steroid dienone is 3. The van der Waals surface area contributed by atoms with Crippen LogP contribution in [0.25, 0.3) is 0 Å². The van der Waals surface area contributed by atoms with Crippen LogP contribution in [0.2, 0.25) is 0 Å². The summed E-state index contributed by atoms with van der Waals surface area (Å²) in [5.41, 5.74) is 4.31. The van der Waals surface area contributed by atoms with Gasteiger partial charge in [-0.1, -0.05) is 32.4 Å². The topological polar surface area (TPSA) is 92.3 Å². The fraction of sp³-hybridized carbons (Fsp3) is 0.455. The van der Waals surface area contributed by atoms with E-state index in [1.54, 1.807) is 21.3 Å². The first-order valence-electron chi connectivity index (χ1n) is 14.3. The van der Waals surface area contributed by atoms with E-state index in [4.69, 9.17) is 23.7 Å². The van der Waals surface area contributed by atoms with Gasteiger partial charge in [-0.2, -0.15) is 0 Å². The SMILES string of the molecule is CCCCOC(=O)C1=C(C)NC2=C(C(=O)C[C@H](c3ccc(OC)c(OC)c3)C2)[C@H]1c1ccc(OCCC)c(OC)c1. The predicted octanol–water partition coefficient (Wildman–Crippen LogP) is 6.21. The van der Waals surface area contributed by atoms with Crippen molar-refractivity contribution in [3.63, 3.8) is 0 Å². The van der Waals surface area contributed by atoms with Gasteiger partial charge < -0.3 is 29.0 Å². The van der Waals surface area contributed by atoms with E-state index in [0.29, 0.717) is 65.9 Å². The molecular weight excluding hydrogens is 522 g/mol. The Balaban J connectivity index is 1.77. The zero-order valence-electron chi connectivity index (χ0n) is 24.9. The van der Waals surface area contributed by atoms with Crippen LogP contribution in [0.1, 0.15) is 75.8 Å². The van der Waals surface area contributed by atoms with E-state index in [2.05, 4.69) is 5.32 Å². The predicted molar refractivity (Wildman–Crippen MR) is 157 cm³/mol. The monoisotopic (exact) mass is 563 g/mol. The van der Waals surface area contributed by atoms with Gasteiger partial charge in [-0.25, -0.2) is 4.79 Å². The Bertz CT molecular complexity index is 1340. The second-order valence-electron chi connectivity index (χ2n) is 10.4. The number of hydrogen-bond acceptors (Lipinski definition) is 8. The lowest BCUT2D eigenvalue weighted by Crippen LogP contribution is -2.36. The molecule has 0 saturated carbocycles. The van der Waals surface area contributed by atoms with E-state index in [-0.39, 0.29) is 11.7 Å². The van der Waals surface area contributed by atoms with Crippen LogP contribution in [0.3, 0.4) is 0 Å². The van der Waals surface area contributed by atoms with Crippen molar-refractivity contribution >= 4 is 11.8 Å². The van der Waals surface area contributed by atoms with Gasteiger partial charge in [0.05, 0.1) is 40.1 Å². The van der Waals surface area contributed by atoms with E-state index in [1.807, 2.05) is 57.2 Å². The summed E-state index contributed by atoms with van der Waals surface area (Å²) in [5.74, 6) is 1.36. The number of methoxy groups -OCH3 is 3. The Labute approximate surface area is 242 Å². The number of hydrogen-bond donors (Lipinski definition) is 1. The molecule has 2 aromatic rings. The highest BCUT2D eigenvalue weighted by Crippen LogP contribution is 2.47. The number of esters is 1. The molecule has 0 saturated heterocycles. The van der Waals surface area contributed by atoms with E-state index >= 15 is 0 Å². The number of carbonyl (C=O) groups is 2. The van der Waals surface area contributed by atoms with Crippen LogP contribution in [-0.2, 0) is 14.3 Å². The zero-order chi connectivity index (χ0) is 29.5. The molecule has 1 aliphatic carbocycles. The Hall–Kier alpha value is -3.94. The Morgan fingerprint density at radius 2 is 1.51 bits per heavy atom. The molecule has 2 aliphatic rings. The van der Waals surface area contributed by atoms with Gasteiger partial charge in [0.2, 0.25) is 0 Å². The van der Waals surface area contributed by atoms with Gasteiger partial charge in [0.15, 0.2) is 28.8 Å². The van der Waals surface area contributed by atoms with Crippen molar-refractivity contribution in [2.75, 3.05) is 34.5 Å². The third kappa shape index (κ3) is 6.37. The van der Waals surface area contributed by atoms with Crippen molar-refractivity contribution in [2.24, 2.45) is 0 Å². The number of nitrogens with one attached hydrogen (secondary N) is 1. The van der Waals surface area contributed by atoms with Gasteiger partial charge in [0.1, 0.15) is 0 Å². The third-order valence-electron chi connectivity index (χ3n) is 7.64. The summed E-state index contributed by atoms with van der Waals surface area (Å²) in [5, 5.41) is 3.41. The number of ether oxygens (including phenoxy) is 5. The van der Waals surface area contributed by atoms with Crippen molar-refractivity contribution in [1.29, 1.82) is 0 Å². The molecule has 0 bridgehead atoms. The van der Waals surface area contributed by atoms with Crippen molar-refractivity contribution in [3.8, 4) is 23.0 Å². The van der Waals surface area contributed by atoms with Crippen molar-refractivity contribution in [1.82, 2.24) is 5.32 Å². The molecule has 4 rings (SSSR count). The summed E-state index contributed by atoms with van der Waals surface area (Å²) in [6.07, 6.45) is 3.46. The quantitative estimate of drug-likeness (QED) is 0.241. The highest BCUT2D eigenvalue weighted by atomic mass is 16.5. The van der Waals surface area contributed by atoms with Crippen LogP contribution < -0.4 is 24.3 Å². The highest BCUT2D eigenvalue weighted by Gasteiger charge is 2.41. The van der Waals surface area contributed by atoms with Crippen LogP contribution in [0.4, 0.5) is 0 Å². The van der Waals surface area contributed by atoms with Crippen LogP contribution in [-0.4, -0.2) is 46.3 Å². The van der Waals surface area contributed by atoms with Gasteiger partial charge in [-0.15, -0.1) is 0 Å². The van der Waals surface area contributed by atoms with Crippen LogP contribution >= 0.6 is 0 Å². The lowest BCUT2D eigenvalue weighted by molar-refractivity contribution is -0.139. The smallest absolute Gasteiger partial charge is 0.336 e. The van der Waals surface area contributed by atoms with E-state index in [9.17, 15) is 9.59 Å². The van der Waals surface area contributed by atoms with E-state index in [0.717, 1.165) is 36.1 Å². The van der Waals surface area contributed by atoms with Crippen molar-refractivity contribution in [2.45, 2.75) is 64.7 Å². The molecule has 1 heterocycles. The van der Waals surface area contributed by atoms with Crippen molar-refractivity contribution < 1.29 is 33.3 Å². The maximum Gasteiger partial charge on any atom is 0.336 e. The molecular formula is C33H41NO7. The summed E-state index contributed by atoms with van der Waals surface area (Å²) >= 11 is 0. The van der Waals surface area contributed by atoms with Gasteiger partial charge in [0.25, 0.3) is 0 Å². The number of benzene rings is 2. The number of Topliss-reactive ketones (excluding diaryl/α,β-unsaturated/α-hetero) is 1. The molecule has 8 nitrogen and oxygen atoms in total. The minimum Gasteiger partial charge on any atom is -0.493 e. The van der Waals surface area contributed by atoms with Crippen molar-refractivity contribution in [3.05, 3.63) is 70.1 Å². The van der Waals surface area contributed by atoms with Gasteiger partial charge in [0, 0.05) is 29.3 Å². The summed E-state index contributed by atoms with van der Waals surface area (Å²) in [4.78, 5) is 27.5. The maximum atomic E-state index is 14.0. The third-order valence-corrected chi connectivity index (χ3v) is 7.64. The second-order valence-corrected chi connectivity index (χ2v) is 10.4. The molecule has 1 aliphatic heterocycles. The Kier molecular flexibility index (Phi) is 9.97. The first kappa shape index (κ1) is 30.0. The molecule has 0 spiro atoms. The molecule has 8 heteroatoms. The number of carbonyl (C=O) groups excluding carboxylic acids is 2. The number of rotatable bonds is 12. The molecule has 0 unspecified atom stereocenters. The van der Waals surface area contributed by atoms with Gasteiger partial charge in [-0.05, 0) is 67.5 Å². The number of unbranched alkanes of at least 4 members (excludes halogenated alkanes) is 1. The fourth-order valence-corrected chi connectivity index (χ4v) is 5.57. The molecule has 0 radical (unpaired) electrons. The second kappa shape index (κ2) is 13.6. The normalized spacial score (nSPS) is 18.4.